The van der Waals surface area contributed by atoms with E-state index in [1.165, 1.54) is 11.1 Å². The molecule has 4 nitrogen and oxygen atoms in total. The van der Waals surface area contributed by atoms with Crippen LogP contribution < -0.4 is 31.9 Å². The van der Waals surface area contributed by atoms with E-state index < -0.39 is 15.6 Å². The van der Waals surface area contributed by atoms with Gasteiger partial charge in [-0.3, -0.25) is 0 Å². The Kier molecular flexibility index (Phi) is 4.99. The summed E-state index contributed by atoms with van der Waals surface area (Å²) in [4.78, 5) is 0. The van der Waals surface area contributed by atoms with E-state index in [9.17, 15) is 9.13 Å². The quantitative estimate of drug-likeness (QED) is 0.247. The molecule has 0 bridgehead atoms. The first-order valence-corrected chi connectivity index (χ1v) is 14.5. The maximum absolute atomic E-state index is 14.2. The Bertz CT molecular complexity index is 1560. The topological polar surface area (TPSA) is 58.2 Å². The number of nitrogens with one attached hydrogen (secondary N) is 2. The lowest BCUT2D eigenvalue weighted by Crippen LogP contribution is -2.21. The van der Waals surface area contributed by atoms with Crippen LogP contribution in [0.4, 0.5) is 22.7 Å². The summed E-state index contributed by atoms with van der Waals surface area (Å²) in [7, 11) is -3.81. The lowest BCUT2D eigenvalue weighted by Gasteiger charge is -2.14. The number of benzene rings is 4. The first-order valence-electron chi connectivity index (χ1n) is 12.0. The Morgan fingerprint density at radius 1 is 0.528 bits per heavy atom. The molecule has 4 aromatic carbocycles. The van der Waals surface area contributed by atoms with Gasteiger partial charge in [-0.2, -0.15) is 0 Å². The SMILES string of the molecule is O=[P+]1c2ccccc2Nc2cc3c(cc2[P+](=O)c2ccccc2Nc2cc4c(cc21)CC=C4)CC=C3. The van der Waals surface area contributed by atoms with E-state index in [-0.39, 0.29) is 0 Å². The minimum Gasteiger partial charge on any atom is -0.348 e. The first-order chi connectivity index (χ1) is 17.7. The third-order valence-electron chi connectivity index (χ3n) is 7.01. The molecule has 2 N–H and O–H groups in total. The second-order valence-electron chi connectivity index (χ2n) is 9.22. The standard InChI is InChI=1S/C30H22N2O2P2/c33-35-27-13-3-1-11-23(27)31-25-15-19-7-5-9-21(19)17-29(25)36(34)28-14-4-2-12-24(28)32-26-16-20-8-6-10-22(20)18-30(26)35/h1-8,11-18,31-32H,9-10H2/q+2. The fraction of sp³-hybridized carbons (Fsp3) is 0.0667. The second-order valence-corrected chi connectivity index (χ2v) is 12.3. The van der Waals surface area contributed by atoms with Crippen LogP contribution in [0.5, 0.6) is 0 Å². The van der Waals surface area contributed by atoms with E-state index in [0.717, 1.165) is 67.9 Å². The van der Waals surface area contributed by atoms with E-state index in [4.69, 9.17) is 0 Å². The maximum Gasteiger partial charge on any atom is 0.419 e. The van der Waals surface area contributed by atoms with E-state index in [0.29, 0.717) is 0 Å². The molecule has 36 heavy (non-hydrogen) atoms. The molecule has 2 atom stereocenters. The Labute approximate surface area is 211 Å². The summed E-state index contributed by atoms with van der Waals surface area (Å²) < 4.78 is 28.4. The van der Waals surface area contributed by atoms with Gasteiger partial charge in [-0.15, -0.1) is 0 Å². The smallest absolute Gasteiger partial charge is 0.348 e. The molecule has 0 spiro atoms. The summed E-state index contributed by atoms with van der Waals surface area (Å²) in [5.41, 5.74) is 7.69. The van der Waals surface area contributed by atoms with Crippen LogP contribution in [-0.4, -0.2) is 0 Å². The van der Waals surface area contributed by atoms with E-state index in [1.807, 2.05) is 48.5 Å². The lowest BCUT2D eigenvalue weighted by molar-refractivity contribution is 0.597. The molecule has 0 saturated heterocycles. The summed E-state index contributed by atoms with van der Waals surface area (Å²) in [6, 6.07) is 23.7. The van der Waals surface area contributed by atoms with Crippen molar-refractivity contribution in [2.75, 3.05) is 10.6 Å². The van der Waals surface area contributed by atoms with Gasteiger partial charge < -0.3 is 10.6 Å². The molecule has 1 heterocycles. The zero-order chi connectivity index (χ0) is 24.2. The Morgan fingerprint density at radius 2 is 0.972 bits per heavy atom. The van der Waals surface area contributed by atoms with Gasteiger partial charge in [-0.05, 0) is 83.6 Å². The van der Waals surface area contributed by atoms with Crippen molar-refractivity contribution in [2.24, 2.45) is 0 Å². The van der Waals surface area contributed by atoms with Gasteiger partial charge in [-0.1, -0.05) is 57.7 Å². The molecule has 4 aromatic rings. The van der Waals surface area contributed by atoms with Crippen molar-refractivity contribution >= 4 is 71.7 Å². The van der Waals surface area contributed by atoms with E-state index in [1.54, 1.807) is 0 Å². The molecule has 0 radical (unpaired) electrons. The van der Waals surface area contributed by atoms with Crippen LogP contribution in [0.25, 0.3) is 12.2 Å². The monoisotopic (exact) mass is 504 g/mol. The maximum atomic E-state index is 14.2. The summed E-state index contributed by atoms with van der Waals surface area (Å²) in [6.45, 7) is 0. The van der Waals surface area contributed by atoms with Crippen LogP contribution in [-0.2, 0) is 22.0 Å². The van der Waals surface area contributed by atoms with Crippen LogP contribution in [0.2, 0.25) is 0 Å². The van der Waals surface area contributed by atoms with Crippen molar-refractivity contribution in [2.45, 2.75) is 12.8 Å². The Balaban J connectivity index is 1.50. The number of rotatable bonds is 0. The zero-order valence-electron chi connectivity index (χ0n) is 19.4. The zero-order valence-corrected chi connectivity index (χ0v) is 21.2. The molecule has 1 aliphatic heterocycles. The molecule has 2 unspecified atom stereocenters. The largest absolute Gasteiger partial charge is 0.419 e. The lowest BCUT2D eigenvalue weighted by atomic mass is 10.1. The van der Waals surface area contributed by atoms with Gasteiger partial charge in [-0.25, -0.2) is 0 Å². The van der Waals surface area contributed by atoms with Crippen molar-refractivity contribution in [1.82, 2.24) is 0 Å². The van der Waals surface area contributed by atoms with Crippen LogP contribution in [0.3, 0.4) is 0 Å². The number of anilines is 4. The summed E-state index contributed by atoms with van der Waals surface area (Å²) >= 11 is 0. The van der Waals surface area contributed by atoms with Crippen molar-refractivity contribution in [3.8, 4) is 0 Å². The number of para-hydroxylation sites is 2. The Morgan fingerprint density at radius 3 is 1.44 bits per heavy atom. The minimum absolute atomic E-state index is 0.729. The highest BCUT2D eigenvalue weighted by molar-refractivity contribution is 7.62. The van der Waals surface area contributed by atoms with Gasteiger partial charge in [0.1, 0.15) is 0 Å². The third kappa shape index (κ3) is 3.45. The highest BCUT2D eigenvalue weighted by atomic mass is 31.1. The highest BCUT2D eigenvalue weighted by Gasteiger charge is 2.37. The van der Waals surface area contributed by atoms with Crippen LogP contribution in [0, 0.1) is 0 Å². The van der Waals surface area contributed by atoms with Gasteiger partial charge in [0.15, 0.2) is 0 Å². The minimum atomic E-state index is -1.91. The molecule has 0 aromatic heterocycles. The van der Waals surface area contributed by atoms with Crippen molar-refractivity contribution in [3.63, 3.8) is 0 Å². The van der Waals surface area contributed by atoms with Gasteiger partial charge in [0.25, 0.3) is 0 Å². The molecule has 3 aliphatic rings. The van der Waals surface area contributed by atoms with Crippen molar-refractivity contribution in [3.05, 3.63) is 107 Å². The molecule has 0 fully saturated rings. The fourth-order valence-electron chi connectivity index (χ4n) is 5.18. The van der Waals surface area contributed by atoms with Gasteiger partial charge >= 0.3 is 15.6 Å². The van der Waals surface area contributed by atoms with Crippen molar-refractivity contribution < 1.29 is 9.13 Å². The first kappa shape index (κ1) is 21.4. The van der Waals surface area contributed by atoms with Gasteiger partial charge in [0, 0.05) is 0 Å². The average Bonchev–Trinajstić information content (AvgIpc) is 3.56. The molecular formula is C30H22N2O2P2+2. The van der Waals surface area contributed by atoms with Gasteiger partial charge in [0.2, 0.25) is 21.2 Å². The van der Waals surface area contributed by atoms with Crippen LogP contribution in [0.1, 0.15) is 22.3 Å². The molecule has 0 saturated carbocycles. The molecule has 7 rings (SSSR count). The molecule has 172 valence electrons. The summed E-state index contributed by atoms with van der Waals surface area (Å²) in [5.74, 6) is 0. The number of hydrogen-bond acceptors (Lipinski definition) is 4. The summed E-state index contributed by atoms with van der Waals surface area (Å²) in [5, 5.41) is 10.0. The molecular weight excluding hydrogens is 482 g/mol. The third-order valence-corrected chi connectivity index (χ3v) is 10.3. The molecule has 2 aliphatic carbocycles. The van der Waals surface area contributed by atoms with Gasteiger partial charge in [0.05, 0.1) is 22.7 Å². The fourth-order valence-corrected chi connectivity index (χ4v) is 8.07. The highest BCUT2D eigenvalue weighted by Crippen LogP contribution is 2.38. The molecule has 0 amide bonds. The second kappa shape index (κ2) is 8.38. The van der Waals surface area contributed by atoms with Crippen molar-refractivity contribution in [1.29, 1.82) is 0 Å². The van der Waals surface area contributed by atoms with E-state index >= 15 is 0 Å². The van der Waals surface area contributed by atoms with E-state index in [2.05, 4.69) is 59.2 Å². The van der Waals surface area contributed by atoms with Crippen LogP contribution in [0.15, 0.2) is 84.9 Å². The number of fused-ring (bicyclic) bond motifs is 6. The predicted octanol–water partition coefficient (Wildman–Crippen LogP) is 6.18. The Hall–Kier alpha value is -3.84. The number of allylic oxidation sites excluding steroid dienone is 2. The normalized spacial score (nSPS) is 16.8. The average molecular weight is 504 g/mol. The molecule has 6 heteroatoms. The summed E-state index contributed by atoms with van der Waals surface area (Å²) in [6.07, 6.45) is 10.1. The number of hydrogen-bond donors (Lipinski definition) is 2. The van der Waals surface area contributed by atoms with Crippen LogP contribution >= 0.6 is 15.6 Å². The predicted molar refractivity (Wildman–Crippen MR) is 152 cm³/mol.